The molecular formula is C35H44N6O10. The summed E-state index contributed by atoms with van der Waals surface area (Å²) in [6.07, 6.45) is -0.812. The van der Waals surface area contributed by atoms with Crippen LogP contribution in [-0.4, -0.2) is 114 Å². The molecule has 0 spiro atoms. The summed E-state index contributed by atoms with van der Waals surface area (Å²) in [6.45, 7) is 0.745. The van der Waals surface area contributed by atoms with E-state index in [0.717, 1.165) is 31.5 Å². The number of fused-ring (bicyclic) bond motifs is 2. The second-order valence-corrected chi connectivity index (χ2v) is 13.1. The SMILES string of the molecule is CN=C(N)NCc1c(CC2(C3=CNC(N)C=C3)CCNCC2)cc2c(c1O)C(=O)c1c(OC3OC(CO)C(O)C(O)C3O)cc(OC)cc1C2=O. The summed E-state index contributed by atoms with van der Waals surface area (Å²) in [5.74, 6) is -1.79. The molecular weight excluding hydrogens is 664 g/mol. The molecule has 0 amide bonds. The zero-order chi connectivity index (χ0) is 36.6. The molecule has 3 aliphatic heterocycles. The molecule has 16 heteroatoms. The summed E-state index contributed by atoms with van der Waals surface area (Å²) in [5, 5.41) is 62.5. The molecule has 2 fully saturated rings. The van der Waals surface area contributed by atoms with Gasteiger partial charge >= 0.3 is 0 Å². The molecule has 2 aromatic carbocycles. The molecule has 274 valence electrons. The highest BCUT2D eigenvalue weighted by molar-refractivity contribution is 6.30. The predicted octanol–water partition coefficient (Wildman–Crippen LogP) is -1.37. The number of nitrogens with one attached hydrogen (secondary N) is 3. The van der Waals surface area contributed by atoms with Crippen LogP contribution in [0.25, 0.3) is 0 Å². The first-order chi connectivity index (χ1) is 24.4. The van der Waals surface area contributed by atoms with E-state index in [1.807, 2.05) is 18.4 Å². The molecule has 6 atom stereocenters. The van der Waals surface area contributed by atoms with E-state index in [1.54, 1.807) is 6.07 Å². The summed E-state index contributed by atoms with van der Waals surface area (Å²) >= 11 is 0. The summed E-state index contributed by atoms with van der Waals surface area (Å²) in [5.41, 5.74) is 13.0. The van der Waals surface area contributed by atoms with Crippen LogP contribution in [0, 0.1) is 5.41 Å². The van der Waals surface area contributed by atoms with Crippen molar-refractivity contribution in [2.75, 3.05) is 33.9 Å². The lowest BCUT2D eigenvalue weighted by Gasteiger charge is -2.41. The number of hydrogen-bond acceptors (Lipinski definition) is 14. The van der Waals surface area contributed by atoms with E-state index in [4.69, 9.17) is 25.7 Å². The number of piperidine rings is 1. The molecule has 0 radical (unpaired) electrons. The number of benzene rings is 2. The van der Waals surface area contributed by atoms with E-state index in [0.29, 0.717) is 17.5 Å². The largest absolute Gasteiger partial charge is 0.507 e. The van der Waals surface area contributed by atoms with E-state index in [9.17, 15) is 35.1 Å². The number of guanidine groups is 1. The lowest BCUT2D eigenvalue weighted by Crippen LogP contribution is -2.60. The van der Waals surface area contributed by atoms with Gasteiger partial charge in [0, 0.05) is 48.0 Å². The number of phenolic OH excluding ortho intramolecular Hbond substituents is 1. The third-order valence-corrected chi connectivity index (χ3v) is 10.1. The number of methoxy groups -OCH3 is 1. The molecule has 0 saturated carbocycles. The number of carbonyl (C=O) groups excluding carboxylic acids is 2. The first kappa shape index (κ1) is 36.2. The maximum atomic E-state index is 14.5. The Bertz CT molecular complexity index is 1790. The standard InChI is InChI=1S/C35H44N6O10/c1-38-34(37)41-14-21-16(12-35(5-7-39-8-6-35)17-3-4-24(36)40-13-17)9-19-26(28(21)44)30(46)25-20(27(19)43)10-18(49-2)11-22(25)50-33-32(48)31(47)29(45)23(15-42)51-33/h3-4,9-11,13,23-24,29,31-33,39-40,42,44-45,47-48H,5-8,12,14-15,36H2,1-2H3,(H3,37,38,41). The molecule has 6 unspecified atom stereocenters. The molecule has 2 aromatic rings. The zero-order valence-electron chi connectivity index (χ0n) is 28.3. The van der Waals surface area contributed by atoms with Crippen LogP contribution in [0.2, 0.25) is 0 Å². The predicted molar refractivity (Wildman–Crippen MR) is 183 cm³/mol. The highest BCUT2D eigenvalue weighted by Crippen LogP contribution is 2.46. The van der Waals surface area contributed by atoms with Crippen molar-refractivity contribution in [3.63, 3.8) is 0 Å². The van der Waals surface area contributed by atoms with Crippen molar-refractivity contribution < 1.29 is 49.3 Å². The number of aliphatic hydroxyl groups is 4. The third kappa shape index (κ3) is 6.67. The fraction of sp³-hybridized carbons (Fsp3) is 0.457. The molecule has 3 heterocycles. The van der Waals surface area contributed by atoms with Gasteiger partial charge in [0.1, 0.15) is 41.7 Å². The number of ketones is 2. The Kier molecular flexibility index (Phi) is 10.4. The Labute approximate surface area is 293 Å². The minimum Gasteiger partial charge on any atom is -0.507 e. The number of allylic oxidation sites excluding steroid dienone is 2. The molecule has 12 N–H and O–H groups in total. The Morgan fingerprint density at radius 1 is 1.08 bits per heavy atom. The zero-order valence-corrected chi connectivity index (χ0v) is 28.3. The second kappa shape index (κ2) is 14.6. The van der Waals surface area contributed by atoms with E-state index in [2.05, 4.69) is 20.9 Å². The fourth-order valence-electron chi connectivity index (χ4n) is 7.22. The van der Waals surface area contributed by atoms with Gasteiger partial charge in [-0.1, -0.05) is 6.08 Å². The Hall–Kier alpha value is -4.55. The maximum absolute atomic E-state index is 14.5. The molecule has 6 rings (SSSR count). The van der Waals surface area contributed by atoms with Gasteiger partial charge in [0.2, 0.25) is 12.1 Å². The molecule has 2 saturated heterocycles. The molecule has 16 nitrogen and oxygen atoms in total. The topological polar surface area (TPSA) is 263 Å². The Balaban J connectivity index is 1.46. The van der Waals surface area contributed by atoms with Crippen LogP contribution in [0.15, 0.2) is 47.1 Å². The van der Waals surface area contributed by atoms with Gasteiger partial charge in [0.25, 0.3) is 0 Å². The molecule has 0 aromatic heterocycles. The number of nitrogens with two attached hydrogens (primary N) is 2. The van der Waals surface area contributed by atoms with Crippen molar-refractivity contribution in [3.05, 3.63) is 75.5 Å². The maximum Gasteiger partial charge on any atom is 0.229 e. The summed E-state index contributed by atoms with van der Waals surface area (Å²) in [4.78, 5) is 32.8. The van der Waals surface area contributed by atoms with Crippen LogP contribution >= 0.6 is 0 Å². The quantitative estimate of drug-likeness (QED) is 0.0908. The smallest absolute Gasteiger partial charge is 0.229 e. The van der Waals surface area contributed by atoms with Crippen LogP contribution in [0.5, 0.6) is 17.2 Å². The van der Waals surface area contributed by atoms with Gasteiger partial charge in [-0.2, -0.15) is 0 Å². The summed E-state index contributed by atoms with van der Waals surface area (Å²) in [7, 11) is 2.86. The van der Waals surface area contributed by atoms with Gasteiger partial charge in [-0.05, 0) is 61.7 Å². The van der Waals surface area contributed by atoms with Gasteiger partial charge in [-0.15, -0.1) is 0 Å². The van der Waals surface area contributed by atoms with E-state index >= 15 is 0 Å². The number of aromatic hydroxyl groups is 1. The van der Waals surface area contributed by atoms with E-state index in [1.165, 1.54) is 26.3 Å². The van der Waals surface area contributed by atoms with Crippen molar-refractivity contribution in [3.8, 4) is 17.2 Å². The van der Waals surface area contributed by atoms with E-state index in [-0.39, 0.29) is 52.4 Å². The second-order valence-electron chi connectivity index (χ2n) is 13.1. The van der Waals surface area contributed by atoms with Gasteiger partial charge in [0.15, 0.2) is 11.7 Å². The monoisotopic (exact) mass is 708 g/mol. The Morgan fingerprint density at radius 3 is 2.45 bits per heavy atom. The van der Waals surface area contributed by atoms with Crippen molar-refractivity contribution in [1.82, 2.24) is 16.0 Å². The number of rotatable bonds is 9. The van der Waals surface area contributed by atoms with Crippen molar-refractivity contribution >= 4 is 17.5 Å². The highest BCUT2D eigenvalue weighted by atomic mass is 16.7. The number of aliphatic hydroxyl groups excluding tert-OH is 4. The summed E-state index contributed by atoms with van der Waals surface area (Å²) in [6, 6.07) is 4.32. The van der Waals surface area contributed by atoms with Crippen molar-refractivity contribution in [2.24, 2.45) is 21.9 Å². The molecule has 1 aliphatic carbocycles. The lowest BCUT2D eigenvalue weighted by atomic mass is 9.67. The summed E-state index contributed by atoms with van der Waals surface area (Å²) < 4.78 is 16.8. The van der Waals surface area contributed by atoms with Crippen molar-refractivity contribution in [1.29, 1.82) is 0 Å². The van der Waals surface area contributed by atoms with E-state index < -0.39 is 60.0 Å². The van der Waals surface area contributed by atoms with Gasteiger partial charge in [-0.25, -0.2) is 0 Å². The highest BCUT2D eigenvalue weighted by Gasteiger charge is 2.46. The minimum atomic E-state index is -1.80. The van der Waals surface area contributed by atoms with Crippen LogP contribution in [0.1, 0.15) is 55.8 Å². The Morgan fingerprint density at radius 2 is 1.80 bits per heavy atom. The molecule has 0 bridgehead atoms. The van der Waals surface area contributed by atoms with Crippen LogP contribution in [-0.2, 0) is 17.7 Å². The molecule has 4 aliphatic rings. The number of dihydropyridines is 1. The van der Waals surface area contributed by atoms with Gasteiger partial charge < -0.3 is 67.2 Å². The number of ether oxygens (including phenoxy) is 3. The molecule has 51 heavy (non-hydrogen) atoms. The number of carbonyl (C=O) groups is 2. The number of hydrogen-bond donors (Lipinski definition) is 10. The van der Waals surface area contributed by atoms with Crippen molar-refractivity contribution in [2.45, 2.75) is 62.7 Å². The van der Waals surface area contributed by atoms with Gasteiger partial charge in [-0.3, -0.25) is 14.6 Å². The third-order valence-electron chi connectivity index (χ3n) is 10.1. The normalized spacial score (nSPS) is 27.2. The minimum absolute atomic E-state index is 0.0187. The van der Waals surface area contributed by atoms with Gasteiger partial charge in [0.05, 0.1) is 31.0 Å². The number of aliphatic imine (C=N–C) groups is 1. The average Bonchev–Trinajstić information content (AvgIpc) is 3.13. The van der Waals surface area contributed by atoms with Crippen LogP contribution in [0.4, 0.5) is 0 Å². The number of nitrogens with zero attached hydrogens (tertiary/aromatic N) is 1. The lowest BCUT2D eigenvalue weighted by molar-refractivity contribution is -0.277. The average molecular weight is 709 g/mol. The van der Waals surface area contributed by atoms with Crippen LogP contribution < -0.4 is 36.9 Å². The van der Waals surface area contributed by atoms with Crippen LogP contribution in [0.3, 0.4) is 0 Å². The fourth-order valence-corrected chi connectivity index (χ4v) is 7.22. The first-order valence-corrected chi connectivity index (χ1v) is 16.7. The first-order valence-electron chi connectivity index (χ1n) is 16.7. The number of phenols is 1.